The molecular formula is C11H13N3O2. The number of carbonyl (C=O) groups excluding carboxylic acids is 1. The Morgan fingerprint density at radius 1 is 1.62 bits per heavy atom. The molecule has 1 aliphatic rings. The number of aryl methyl sites for hydroxylation is 1. The van der Waals surface area contributed by atoms with E-state index in [1.165, 1.54) is 12.3 Å². The Morgan fingerprint density at radius 3 is 2.94 bits per heavy atom. The molecule has 0 atom stereocenters. The van der Waals surface area contributed by atoms with Crippen molar-refractivity contribution in [1.29, 1.82) is 0 Å². The molecule has 5 heteroatoms. The average molecular weight is 219 g/mol. The first kappa shape index (κ1) is 10.6. The van der Waals surface area contributed by atoms with Gasteiger partial charge in [-0.1, -0.05) is 6.58 Å². The van der Waals surface area contributed by atoms with Crippen molar-refractivity contribution in [2.24, 2.45) is 0 Å². The minimum absolute atomic E-state index is 0.0677. The van der Waals surface area contributed by atoms with E-state index in [-0.39, 0.29) is 17.5 Å². The standard InChI is InChI=1S/C11H13N3O2/c1-3-10(15)13-6-9(7-13)14-5-8(2)12-4-11(14)16/h3-5,9H,1,6-7H2,2H3. The number of aromatic nitrogens is 2. The third-order valence-electron chi connectivity index (χ3n) is 2.70. The largest absolute Gasteiger partial charge is 0.335 e. The maximum atomic E-state index is 11.5. The van der Waals surface area contributed by atoms with E-state index in [4.69, 9.17) is 0 Å². The lowest BCUT2D eigenvalue weighted by Gasteiger charge is -2.39. The Balaban J connectivity index is 2.12. The van der Waals surface area contributed by atoms with E-state index in [0.29, 0.717) is 13.1 Å². The Kier molecular flexibility index (Phi) is 2.60. The fraction of sp³-hybridized carbons (Fsp3) is 0.364. The quantitative estimate of drug-likeness (QED) is 0.664. The molecule has 0 N–H and O–H groups in total. The monoisotopic (exact) mass is 219 g/mol. The number of amides is 1. The molecule has 5 nitrogen and oxygen atoms in total. The van der Waals surface area contributed by atoms with Gasteiger partial charge in [0.05, 0.1) is 17.9 Å². The predicted octanol–water partition coefficient (Wildman–Crippen LogP) is 0.121. The van der Waals surface area contributed by atoms with E-state index < -0.39 is 0 Å². The van der Waals surface area contributed by atoms with Crippen LogP contribution in [0.25, 0.3) is 0 Å². The van der Waals surface area contributed by atoms with Gasteiger partial charge < -0.3 is 9.47 Å². The zero-order chi connectivity index (χ0) is 11.7. The van der Waals surface area contributed by atoms with Crippen LogP contribution in [0, 0.1) is 6.92 Å². The summed E-state index contributed by atoms with van der Waals surface area (Å²) in [6, 6.07) is 0.0677. The van der Waals surface area contributed by atoms with Gasteiger partial charge in [-0.15, -0.1) is 0 Å². The van der Waals surface area contributed by atoms with Crippen LogP contribution < -0.4 is 5.56 Å². The van der Waals surface area contributed by atoms with E-state index in [2.05, 4.69) is 11.6 Å². The number of nitrogens with zero attached hydrogens (tertiary/aromatic N) is 3. The molecule has 1 aliphatic heterocycles. The van der Waals surface area contributed by atoms with E-state index in [9.17, 15) is 9.59 Å². The highest BCUT2D eigenvalue weighted by Gasteiger charge is 2.30. The first-order chi connectivity index (χ1) is 7.61. The summed E-state index contributed by atoms with van der Waals surface area (Å²) in [5.41, 5.74) is 0.675. The molecule has 0 radical (unpaired) electrons. The van der Waals surface area contributed by atoms with Crippen LogP contribution in [0.15, 0.2) is 29.8 Å². The topological polar surface area (TPSA) is 55.2 Å². The molecule has 16 heavy (non-hydrogen) atoms. The van der Waals surface area contributed by atoms with Crippen molar-refractivity contribution < 1.29 is 4.79 Å². The lowest BCUT2D eigenvalue weighted by molar-refractivity contribution is -0.131. The van der Waals surface area contributed by atoms with Gasteiger partial charge in [0.1, 0.15) is 0 Å². The molecule has 0 bridgehead atoms. The number of hydrogen-bond acceptors (Lipinski definition) is 3. The minimum Gasteiger partial charge on any atom is -0.335 e. The first-order valence-corrected chi connectivity index (χ1v) is 5.08. The molecule has 0 spiro atoms. The van der Waals surface area contributed by atoms with Crippen molar-refractivity contribution in [1.82, 2.24) is 14.5 Å². The normalized spacial score (nSPS) is 15.7. The lowest BCUT2D eigenvalue weighted by Crippen LogP contribution is -2.52. The van der Waals surface area contributed by atoms with Crippen molar-refractivity contribution in [2.45, 2.75) is 13.0 Å². The third kappa shape index (κ3) is 1.76. The smallest absolute Gasteiger partial charge is 0.269 e. The van der Waals surface area contributed by atoms with Crippen LogP contribution in [0.1, 0.15) is 11.7 Å². The van der Waals surface area contributed by atoms with Gasteiger partial charge >= 0.3 is 0 Å². The molecule has 1 aromatic heterocycles. The van der Waals surface area contributed by atoms with Crippen LogP contribution >= 0.6 is 0 Å². The van der Waals surface area contributed by atoms with Crippen LogP contribution in [0.2, 0.25) is 0 Å². The predicted molar refractivity (Wildman–Crippen MR) is 59.0 cm³/mol. The molecule has 1 aromatic rings. The van der Waals surface area contributed by atoms with E-state index in [1.807, 2.05) is 6.92 Å². The van der Waals surface area contributed by atoms with Crippen molar-refractivity contribution in [3.05, 3.63) is 41.1 Å². The molecule has 84 valence electrons. The Hall–Kier alpha value is -1.91. The van der Waals surface area contributed by atoms with Crippen molar-refractivity contribution in [2.75, 3.05) is 13.1 Å². The maximum absolute atomic E-state index is 11.5. The molecule has 0 aromatic carbocycles. The summed E-state index contributed by atoms with van der Waals surface area (Å²) in [6.07, 6.45) is 4.33. The average Bonchev–Trinajstić information content (AvgIpc) is 2.20. The summed E-state index contributed by atoms with van der Waals surface area (Å²) >= 11 is 0. The highest BCUT2D eigenvalue weighted by molar-refractivity contribution is 5.87. The lowest BCUT2D eigenvalue weighted by atomic mass is 10.1. The maximum Gasteiger partial charge on any atom is 0.269 e. The summed E-state index contributed by atoms with van der Waals surface area (Å²) in [4.78, 5) is 28.3. The van der Waals surface area contributed by atoms with Crippen molar-refractivity contribution in [3.63, 3.8) is 0 Å². The Bertz CT molecular complexity index is 486. The molecule has 1 fully saturated rings. The second-order valence-electron chi connectivity index (χ2n) is 3.88. The Labute approximate surface area is 93.0 Å². The Morgan fingerprint density at radius 2 is 2.31 bits per heavy atom. The number of hydrogen-bond donors (Lipinski definition) is 0. The van der Waals surface area contributed by atoms with Gasteiger partial charge in [-0.3, -0.25) is 14.6 Å². The summed E-state index contributed by atoms with van der Waals surface area (Å²) in [7, 11) is 0. The van der Waals surface area contributed by atoms with Gasteiger partial charge in [-0.25, -0.2) is 0 Å². The van der Waals surface area contributed by atoms with Crippen molar-refractivity contribution in [3.8, 4) is 0 Å². The highest BCUT2D eigenvalue weighted by Crippen LogP contribution is 2.19. The highest BCUT2D eigenvalue weighted by atomic mass is 16.2. The van der Waals surface area contributed by atoms with Crippen LogP contribution in [0.4, 0.5) is 0 Å². The third-order valence-corrected chi connectivity index (χ3v) is 2.70. The van der Waals surface area contributed by atoms with E-state index in [1.54, 1.807) is 15.7 Å². The SMILES string of the molecule is C=CC(=O)N1CC(n2cc(C)ncc2=O)C1. The van der Waals surface area contributed by atoms with Gasteiger partial charge in [0, 0.05) is 19.3 Å². The van der Waals surface area contributed by atoms with Crippen LogP contribution in [0.5, 0.6) is 0 Å². The zero-order valence-corrected chi connectivity index (χ0v) is 9.09. The van der Waals surface area contributed by atoms with Gasteiger partial charge in [-0.2, -0.15) is 0 Å². The summed E-state index contributed by atoms with van der Waals surface area (Å²) in [6.45, 7) is 6.39. The number of rotatable bonds is 2. The molecule has 0 unspecified atom stereocenters. The van der Waals surface area contributed by atoms with Crippen LogP contribution in [-0.4, -0.2) is 33.4 Å². The van der Waals surface area contributed by atoms with Gasteiger partial charge in [0.25, 0.3) is 5.56 Å². The van der Waals surface area contributed by atoms with Gasteiger partial charge in [-0.05, 0) is 13.0 Å². The van der Waals surface area contributed by atoms with Crippen LogP contribution in [-0.2, 0) is 4.79 Å². The molecule has 2 rings (SSSR count). The molecular weight excluding hydrogens is 206 g/mol. The fourth-order valence-corrected chi connectivity index (χ4v) is 1.75. The molecule has 0 aliphatic carbocycles. The zero-order valence-electron chi connectivity index (χ0n) is 9.09. The van der Waals surface area contributed by atoms with E-state index in [0.717, 1.165) is 5.69 Å². The second kappa shape index (κ2) is 3.92. The van der Waals surface area contributed by atoms with Crippen LogP contribution in [0.3, 0.4) is 0 Å². The summed E-state index contributed by atoms with van der Waals surface area (Å²) in [5, 5.41) is 0. The molecule has 0 saturated carbocycles. The van der Waals surface area contributed by atoms with Gasteiger partial charge in [0.2, 0.25) is 5.91 Å². The number of likely N-dealkylation sites (tertiary alicyclic amines) is 1. The molecule has 2 heterocycles. The number of carbonyl (C=O) groups is 1. The second-order valence-corrected chi connectivity index (χ2v) is 3.88. The minimum atomic E-state index is -0.124. The summed E-state index contributed by atoms with van der Waals surface area (Å²) < 4.78 is 1.63. The summed E-state index contributed by atoms with van der Waals surface area (Å²) in [5.74, 6) is -0.0879. The molecule has 1 saturated heterocycles. The van der Waals surface area contributed by atoms with Gasteiger partial charge in [0.15, 0.2) is 0 Å². The molecule has 1 amide bonds. The first-order valence-electron chi connectivity index (χ1n) is 5.08. The van der Waals surface area contributed by atoms with Crippen molar-refractivity contribution >= 4 is 5.91 Å². The van der Waals surface area contributed by atoms with E-state index >= 15 is 0 Å². The fourth-order valence-electron chi connectivity index (χ4n) is 1.75.